The number of rotatable bonds is 32. The number of unbranched alkanes of at least 4 members (excludes halogenated alkanes) is 12. The summed E-state index contributed by atoms with van der Waals surface area (Å²) >= 11 is 0. The topological polar surface area (TPSA) is 158 Å². The van der Waals surface area contributed by atoms with E-state index in [1.807, 2.05) is 97.1 Å². The van der Waals surface area contributed by atoms with E-state index >= 15 is 0 Å². The number of para-hydroxylation sites is 2. The maximum absolute atomic E-state index is 12.7. The Morgan fingerprint density at radius 3 is 0.646 bits per heavy atom. The van der Waals surface area contributed by atoms with Crippen molar-refractivity contribution in [2.75, 3.05) is 0 Å². The van der Waals surface area contributed by atoms with Crippen LogP contribution in [0.5, 0.6) is 34.5 Å². The molecule has 6 aromatic rings. The fourth-order valence-corrected chi connectivity index (χ4v) is 12.9. The minimum atomic E-state index is -0.212. The van der Waals surface area contributed by atoms with Crippen LogP contribution in [-0.2, 0) is 54.5 Å². The maximum Gasteiger partial charge on any atom is 0.314 e. The van der Waals surface area contributed by atoms with Crippen LogP contribution in [-0.4, -0.2) is 35.8 Å². The van der Waals surface area contributed by atoms with Crippen molar-refractivity contribution >= 4 is 35.8 Å². The molecule has 0 heterocycles. The Morgan fingerprint density at radius 1 is 0.240 bits per heavy atom. The smallest absolute Gasteiger partial charge is 0.314 e. The number of carbonyl (C=O) groups excluding carboxylic acids is 6. The summed E-state index contributed by atoms with van der Waals surface area (Å²) in [5, 5.41) is 0. The van der Waals surface area contributed by atoms with E-state index in [-0.39, 0.29) is 75.6 Å². The van der Waals surface area contributed by atoms with E-state index in [1.165, 1.54) is 119 Å². The molecule has 0 aromatic heterocycles. The Bertz CT molecular complexity index is 3130. The molecule has 0 unspecified atom stereocenters. The first kappa shape index (κ1) is 75.5. The molecule has 3 aliphatic carbocycles. The molecule has 0 radical (unpaired) electrons. The largest absolute Gasteiger partial charge is 0.426 e. The van der Waals surface area contributed by atoms with E-state index in [0.717, 1.165) is 32.1 Å². The number of carbonyl (C=O) groups is 6. The van der Waals surface area contributed by atoms with Crippen molar-refractivity contribution in [1.29, 1.82) is 0 Å². The second kappa shape index (κ2) is 43.3. The van der Waals surface area contributed by atoms with Gasteiger partial charge in [-0.25, -0.2) is 0 Å². The van der Waals surface area contributed by atoms with Crippen molar-refractivity contribution in [1.82, 2.24) is 0 Å². The van der Waals surface area contributed by atoms with Gasteiger partial charge in [0.15, 0.2) is 0 Å². The third-order valence-electron chi connectivity index (χ3n) is 18.9. The summed E-state index contributed by atoms with van der Waals surface area (Å²) in [5.74, 6) is 1.43. The molecule has 3 saturated carbocycles. The highest BCUT2D eigenvalue weighted by atomic mass is 16.6. The molecule has 9 rings (SSSR count). The Balaban J connectivity index is 0.000000317. The summed E-state index contributed by atoms with van der Waals surface area (Å²) in [6.45, 7) is 8.84. The Hall–Kier alpha value is -7.86. The van der Waals surface area contributed by atoms with E-state index < -0.39 is 0 Å². The van der Waals surface area contributed by atoms with Gasteiger partial charge in [-0.1, -0.05) is 196 Å². The molecule has 0 bridgehead atoms. The molecule has 3 aliphatic rings. The number of benzene rings is 6. The third-order valence-corrected chi connectivity index (χ3v) is 18.9. The van der Waals surface area contributed by atoms with Gasteiger partial charge >= 0.3 is 35.8 Å². The molecular weight excluding hydrogens is 1200 g/mol. The fourth-order valence-electron chi connectivity index (χ4n) is 12.9. The van der Waals surface area contributed by atoms with Crippen LogP contribution < -0.4 is 28.4 Å². The zero-order valence-electron chi connectivity index (χ0n) is 58.0. The van der Waals surface area contributed by atoms with Crippen LogP contribution in [0.1, 0.15) is 234 Å². The monoisotopic (exact) mass is 1310 g/mol. The lowest BCUT2D eigenvalue weighted by Crippen LogP contribution is -2.30. The average Bonchev–Trinajstić information content (AvgIpc) is 0.946. The van der Waals surface area contributed by atoms with Gasteiger partial charge < -0.3 is 28.4 Å². The van der Waals surface area contributed by atoms with Gasteiger partial charge in [0.25, 0.3) is 0 Å². The second-order valence-electron chi connectivity index (χ2n) is 26.6. The number of ether oxygens (including phenoxy) is 6. The van der Waals surface area contributed by atoms with Crippen molar-refractivity contribution in [2.45, 2.75) is 233 Å². The highest BCUT2D eigenvalue weighted by Crippen LogP contribution is 2.35. The molecule has 12 heteroatoms. The summed E-state index contributed by atoms with van der Waals surface area (Å²) in [6.07, 6.45) is 32.3. The number of esters is 6. The van der Waals surface area contributed by atoms with Crippen LogP contribution in [0.25, 0.3) is 0 Å². The van der Waals surface area contributed by atoms with Gasteiger partial charge in [0.2, 0.25) is 0 Å². The minimum absolute atomic E-state index is 0. The zero-order valence-corrected chi connectivity index (χ0v) is 58.0. The normalized spacial score (nSPS) is 18.2. The predicted octanol–water partition coefficient (Wildman–Crippen LogP) is 21.2. The molecular formula is C84H114O12. The molecule has 0 saturated heterocycles. The Kier molecular flexibility index (Phi) is 34.1. The van der Waals surface area contributed by atoms with Crippen molar-refractivity contribution < 1.29 is 61.5 Å². The quantitative estimate of drug-likeness (QED) is 0.0224. The molecule has 522 valence electrons. The Labute approximate surface area is 577 Å². The molecule has 6 aromatic carbocycles. The van der Waals surface area contributed by atoms with Crippen molar-refractivity contribution in [2.24, 2.45) is 35.5 Å². The Morgan fingerprint density at radius 2 is 0.427 bits per heavy atom. The average molecular weight is 1320 g/mol. The summed E-state index contributed by atoms with van der Waals surface area (Å²) < 4.78 is 33.3. The fraction of sp³-hybridized carbons (Fsp3) is 0.500. The summed E-state index contributed by atoms with van der Waals surface area (Å²) in [7, 11) is 0. The van der Waals surface area contributed by atoms with Crippen LogP contribution in [0.2, 0.25) is 0 Å². The molecule has 0 amide bonds. The van der Waals surface area contributed by atoms with Gasteiger partial charge in [0.1, 0.15) is 34.5 Å². The standard InChI is InChI=1S/C34H48O4.C30H40O4.C20H20O4.3H2/c1-3-5-7-9-10-12-14-28-17-25-32(26-18-28)38-34(36)30-21-19-29(20-22-30)33(35)37-31-23-15-27(16-24-31)13-11-8-6-4-2;1-3-5-6-7-8-10-24-13-21-28(22-14-24)34-30(32)26-17-15-25(16-18-26)29(31)33-27-19-11-23(9-4-2)12-20-27;21-19(23-17-7-3-1-4-8-17)15-11-13-16(14-12-15)20(22)24-18-9-5-2-6-10-18;;;/h15-18,23-26,29-30H,3-14,19-22H2,1-2H3;11-14,19-22,25-26H,3-10,15-18H2,1-2H3;1-10,15-16H,11-14H2;3*1H. The first-order valence-electron chi connectivity index (χ1n) is 36.7. The van der Waals surface area contributed by atoms with Gasteiger partial charge in [-0.05, 0) is 217 Å². The van der Waals surface area contributed by atoms with Gasteiger partial charge in [-0.3, -0.25) is 28.8 Å². The third kappa shape index (κ3) is 27.7. The van der Waals surface area contributed by atoms with E-state index in [2.05, 4.69) is 64.1 Å². The number of hydrogen-bond donors (Lipinski definition) is 0. The van der Waals surface area contributed by atoms with Gasteiger partial charge in [-0.2, -0.15) is 0 Å². The van der Waals surface area contributed by atoms with Gasteiger partial charge in [0.05, 0.1) is 35.5 Å². The molecule has 0 N–H and O–H groups in total. The molecule has 0 atom stereocenters. The lowest BCUT2D eigenvalue weighted by atomic mass is 9.82. The maximum atomic E-state index is 12.7. The highest BCUT2D eigenvalue weighted by molar-refractivity contribution is 5.80. The van der Waals surface area contributed by atoms with Crippen molar-refractivity contribution in [3.63, 3.8) is 0 Å². The second-order valence-corrected chi connectivity index (χ2v) is 26.6. The van der Waals surface area contributed by atoms with Crippen LogP contribution in [0.3, 0.4) is 0 Å². The molecule has 12 nitrogen and oxygen atoms in total. The van der Waals surface area contributed by atoms with E-state index in [1.54, 1.807) is 24.3 Å². The minimum Gasteiger partial charge on any atom is -0.426 e. The number of aryl methyl sites for hydroxylation is 4. The molecule has 0 spiro atoms. The summed E-state index contributed by atoms with van der Waals surface area (Å²) in [5.41, 5.74) is 5.11. The van der Waals surface area contributed by atoms with Crippen LogP contribution in [0.15, 0.2) is 158 Å². The SMILES string of the molecule is CCCCCCCCc1ccc(OC(=O)C2CCC(C(=O)Oc3ccc(CCCCCC)cc3)CC2)cc1.CCCCCCCc1ccc(OC(=O)C2CCC(C(=O)Oc3ccc(CCC)cc3)CC2)cc1.O=C(Oc1ccccc1)C1CCC(C(=O)Oc2ccccc2)CC1.[HH].[HH].[HH]. The van der Waals surface area contributed by atoms with E-state index in [0.29, 0.717) is 112 Å². The summed E-state index contributed by atoms with van der Waals surface area (Å²) in [4.78, 5) is 75.0. The number of hydrogen-bond acceptors (Lipinski definition) is 12. The van der Waals surface area contributed by atoms with E-state index in [9.17, 15) is 28.8 Å². The van der Waals surface area contributed by atoms with Crippen LogP contribution in [0, 0.1) is 35.5 Å². The molecule has 0 aliphatic heterocycles. The van der Waals surface area contributed by atoms with Gasteiger partial charge in [-0.15, -0.1) is 0 Å². The van der Waals surface area contributed by atoms with Crippen LogP contribution >= 0.6 is 0 Å². The highest BCUT2D eigenvalue weighted by Gasteiger charge is 2.35. The summed E-state index contributed by atoms with van der Waals surface area (Å²) in [6, 6.07) is 49.7. The molecule has 3 fully saturated rings. The zero-order chi connectivity index (χ0) is 68.0. The molecule has 96 heavy (non-hydrogen) atoms. The lowest BCUT2D eigenvalue weighted by molar-refractivity contribution is -0.145. The first-order chi connectivity index (χ1) is 46.9. The predicted molar refractivity (Wildman–Crippen MR) is 387 cm³/mol. The van der Waals surface area contributed by atoms with Crippen molar-refractivity contribution in [3.8, 4) is 34.5 Å². The lowest BCUT2D eigenvalue weighted by Gasteiger charge is -2.25. The van der Waals surface area contributed by atoms with Gasteiger partial charge in [0, 0.05) is 4.28 Å². The van der Waals surface area contributed by atoms with Crippen molar-refractivity contribution in [3.05, 3.63) is 180 Å². The first-order valence-corrected chi connectivity index (χ1v) is 36.7. The van der Waals surface area contributed by atoms with Crippen LogP contribution in [0.4, 0.5) is 0 Å². The van der Waals surface area contributed by atoms with E-state index in [4.69, 9.17) is 28.4 Å².